The largest absolute Gasteiger partial charge is 0.396 e. The normalized spacial score (nSPS) is 10.6. The van der Waals surface area contributed by atoms with Crippen LogP contribution in [0.3, 0.4) is 0 Å². The molecule has 0 aliphatic carbocycles. The molecular weight excluding hydrogens is 246 g/mol. The molecule has 0 saturated heterocycles. The van der Waals surface area contributed by atoms with Gasteiger partial charge in [0.2, 0.25) is 0 Å². The third-order valence-electron chi connectivity index (χ3n) is 2.94. The number of nitro groups is 1. The summed E-state index contributed by atoms with van der Waals surface area (Å²) in [6.45, 7) is 1.84. The third-order valence-corrected chi connectivity index (χ3v) is 2.94. The van der Waals surface area contributed by atoms with Gasteiger partial charge in [-0.25, -0.2) is 0 Å². The summed E-state index contributed by atoms with van der Waals surface area (Å²) in [4.78, 5) is 10.5. The van der Waals surface area contributed by atoms with Crippen molar-refractivity contribution < 1.29 is 10.0 Å². The van der Waals surface area contributed by atoms with Gasteiger partial charge in [-0.3, -0.25) is 15.2 Å². The second kappa shape index (κ2) is 5.62. The van der Waals surface area contributed by atoms with E-state index in [-0.39, 0.29) is 12.3 Å². The molecule has 100 valence electrons. The SMILES string of the molecule is Cc1ccc(-c2cc(CCCO)[nH]n2)cc1[N+](=O)[O-]. The van der Waals surface area contributed by atoms with E-state index < -0.39 is 4.92 Å². The zero-order valence-corrected chi connectivity index (χ0v) is 10.6. The number of rotatable bonds is 5. The van der Waals surface area contributed by atoms with Gasteiger partial charge in [0.05, 0.1) is 10.6 Å². The summed E-state index contributed by atoms with van der Waals surface area (Å²) in [6.07, 6.45) is 1.37. The lowest BCUT2D eigenvalue weighted by molar-refractivity contribution is -0.385. The van der Waals surface area contributed by atoms with Crippen LogP contribution in [-0.4, -0.2) is 26.8 Å². The fourth-order valence-corrected chi connectivity index (χ4v) is 1.87. The maximum absolute atomic E-state index is 10.9. The van der Waals surface area contributed by atoms with E-state index in [1.165, 1.54) is 6.07 Å². The van der Waals surface area contributed by atoms with Gasteiger partial charge in [-0.15, -0.1) is 0 Å². The second-order valence-electron chi connectivity index (χ2n) is 4.36. The summed E-state index contributed by atoms with van der Waals surface area (Å²) in [5.74, 6) is 0. The summed E-state index contributed by atoms with van der Waals surface area (Å²) in [5, 5.41) is 26.7. The van der Waals surface area contributed by atoms with Crippen molar-refractivity contribution in [1.29, 1.82) is 0 Å². The summed E-state index contributed by atoms with van der Waals surface area (Å²) in [7, 11) is 0. The van der Waals surface area contributed by atoms with Crippen molar-refractivity contribution in [2.75, 3.05) is 6.61 Å². The Hall–Kier alpha value is -2.21. The minimum absolute atomic E-state index is 0.0948. The van der Waals surface area contributed by atoms with Crippen LogP contribution in [0, 0.1) is 17.0 Å². The van der Waals surface area contributed by atoms with E-state index in [2.05, 4.69) is 10.2 Å². The van der Waals surface area contributed by atoms with Crippen molar-refractivity contribution in [2.24, 2.45) is 0 Å². The molecule has 0 atom stereocenters. The smallest absolute Gasteiger partial charge is 0.272 e. The van der Waals surface area contributed by atoms with Crippen LogP contribution in [0.1, 0.15) is 17.7 Å². The van der Waals surface area contributed by atoms with Gasteiger partial charge in [0, 0.05) is 29.5 Å². The topological polar surface area (TPSA) is 92.0 Å². The van der Waals surface area contributed by atoms with Crippen LogP contribution in [0.25, 0.3) is 11.3 Å². The lowest BCUT2D eigenvalue weighted by atomic mass is 10.1. The fraction of sp³-hybridized carbons (Fsp3) is 0.308. The number of aliphatic hydroxyl groups is 1. The van der Waals surface area contributed by atoms with Crippen LogP contribution >= 0.6 is 0 Å². The molecule has 1 aromatic heterocycles. The number of hydrogen-bond acceptors (Lipinski definition) is 4. The molecule has 1 aromatic carbocycles. The molecular formula is C13H15N3O3. The van der Waals surface area contributed by atoms with Crippen LogP contribution in [0.15, 0.2) is 24.3 Å². The summed E-state index contributed by atoms with van der Waals surface area (Å²) in [5.41, 5.74) is 3.02. The van der Waals surface area contributed by atoms with Gasteiger partial charge in [0.1, 0.15) is 0 Å². The van der Waals surface area contributed by atoms with E-state index in [9.17, 15) is 10.1 Å². The molecule has 0 spiro atoms. The van der Waals surface area contributed by atoms with E-state index in [0.717, 1.165) is 5.69 Å². The van der Waals surface area contributed by atoms with Crippen molar-refractivity contribution >= 4 is 5.69 Å². The molecule has 19 heavy (non-hydrogen) atoms. The minimum atomic E-state index is -0.391. The molecule has 0 radical (unpaired) electrons. The zero-order valence-electron chi connectivity index (χ0n) is 10.6. The second-order valence-corrected chi connectivity index (χ2v) is 4.36. The number of benzene rings is 1. The van der Waals surface area contributed by atoms with Crippen molar-refractivity contribution in [3.8, 4) is 11.3 Å². The van der Waals surface area contributed by atoms with Gasteiger partial charge in [0.15, 0.2) is 0 Å². The first-order valence-electron chi connectivity index (χ1n) is 6.02. The highest BCUT2D eigenvalue weighted by Gasteiger charge is 2.13. The minimum Gasteiger partial charge on any atom is -0.396 e. The Morgan fingerprint density at radius 3 is 2.89 bits per heavy atom. The maximum atomic E-state index is 10.9. The summed E-state index contributed by atoms with van der Waals surface area (Å²) < 4.78 is 0. The predicted octanol–water partition coefficient (Wildman–Crippen LogP) is 2.22. The summed E-state index contributed by atoms with van der Waals surface area (Å²) in [6, 6.07) is 6.91. The first-order chi connectivity index (χ1) is 9.11. The Balaban J connectivity index is 2.29. The number of hydrogen-bond donors (Lipinski definition) is 2. The molecule has 2 rings (SSSR count). The third kappa shape index (κ3) is 2.97. The van der Waals surface area contributed by atoms with Crippen LogP contribution in [0.4, 0.5) is 5.69 Å². The Labute approximate surface area is 110 Å². The molecule has 0 saturated carbocycles. The number of aryl methyl sites for hydroxylation is 2. The van der Waals surface area contributed by atoms with E-state index >= 15 is 0 Å². The van der Waals surface area contributed by atoms with Gasteiger partial charge in [-0.1, -0.05) is 12.1 Å². The molecule has 2 aromatic rings. The van der Waals surface area contributed by atoms with Crippen LogP contribution in [0.2, 0.25) is 0 Å². The van der Waals surface area contributed by atoms with Crippen molar-refractivity contribution in [3.63, 3.8) is 0 Å². The van der Waals surface area contributed by atoms with E-state index in [0.29, 0.717) is 29.7 Å². The average Bonchev–Trinajstić information content (AvgIpc) is 2.85. The lowest BCUT2D eigenvalue weighted by Crippen LogP contribution is -1.92. The number of nitro benzene ring substituents is 1. The first-order valence-corrected chi connectivity index (χ1v) is 6.02. The lowest BCUT2D eigenvalue weighted by Gasteiger charge is -1.99. The molecule has 2 N–H and O–H groups in total. The first kappa shape index (κ1) is 13.2. The van der Waals surface area contributed by atoms with Crippen LogP contribution in [0.5, 0.6) is 0 Å². The molecule has 0 amide bonds. The molecule has 6 nitrogen and oxygen atoms in total. The number of aliphatic hydroxyl groups excluding tert-OH is 1. The molecule has 1 heterocycles. The molecule has 0 aliphatic rings. The Kier molecular flexibility index (Phi) is 3.91. The van der Waals surface area contributed by atoms with Crippen LogP contribution in [-0.2, 0) is 6.42 Å². The molecule has 0 bridgehead atoms. The van der Waals surface area contributed by atoms with E-state index in [1.54, 1.807) is 13.0 Å². The predicted molar refractivity (Wildman–Crippen MR) is 70.8 cm³/mol. The highest BCUT2D eigenvalue weighted by Crippen LogP contribution is 2.26. The molecule has 6 heteroatoms. The molecule has 0 fully saturated rings. The number of aromatic amines is 1. The quantitative estimate of drug-likeness (QED) is 0.637. The number of aromatic nitrogens is 2. The standard InChI is InChI=1S/C13H15N3O3/c1-9-4-5-10(7-13(9)16(18)19)12-8-11(14-15-12)3-2-6-17/h4-5,7-8,17H,2-3,6H2,1H3,(H,14,15). The van der Waals surface area contributed by atoms with E-state index in [4.69, 9.17) is 5.11 Å². The fourth-order valence-electron chi connectivity index (χ4n) is 1.87. The van der Waals surface area contributed by atoms with Gasteiger partial charge in [-0.2, -0.15) is 5.10 Å². The Morgan fingerprint density at radius 2 is 2.21 bits per heavy atom. The highest BCUT2D eigenvalue weighted by molar-refractivity contribution is 5.64. The Morgan fingerprint density at radius 1 is 1.42 bits per heavy atom. The number of H-pyrrole nitrogens is 1. The maximum Gasteiger partial charge on any atom is 0.272 e. The number of nitrogens with zero attached hydrogens (tertiary/aromatic N) is 2. The highest BCUT2D eigenvalue weighted by atomic mass is 16.6. The zero-order chi connectivity index (χ0) is 13.8. The molecule has 0 unspecified atom stereocenters. The van der Waals surface area contributed by atoms with Gasteiger partial charge < -0.3 is 5.11 Å². The van der Waals surface area contributed by atoms with Crippen LogP contribution < -0.4 is 0 Å². The van der Waals surface area contributed by atoms with Crippen molar-refractivity contribution in [2.45, 2.75) is 19.8 Å². The van der Waals surface area contributed by atoms with Gasteiger partial charge >= 0.3 is 0 Å². The molecule has 0 aliphatic heterocycles. The van der Waals surface area contributed by atoms with Crippen molar-refractivity contribution in [1.82, 2.24) is 10.2 Å². The van der Waals surface area contributed by atoms with Crippen molar-refractivity contribution in [3.05, 3.63) is 45.6 Å². The van der Waals surface area contributed by atoms with Gasteiger partial charge in [-0.05, 0) is 25.8 Å². The Bertz CT molecular complexity index is 593. The monoisotopic (exact) mass is 261 g/mol. The number of nitrogens with one attached hydrogen (secondary N) is 1. The van der Waals surface area contributed by atoms with Gasteiger partial charge in [0.25, 0.3) is 5.69 Å². The average molecular weight is 261 g/mol. The van der Waals surface area contributed by atoms with E-state index in [1.807, 2.05) is 12.1 Å². The summed E-state index contributed by atoms with van der Waals surface area (Å²) >= 11 is 0.